The van der Waals surface area contributed by atoms with Gasteiger partial charge in [0.25, 0.3) is 17.6 Å². The number of aromatic carboxylic acids is 1. The second kappa shape index (κ2) is 11.0. The first-order valence-electron chi connectivity index (χ1n) is 10.9. The first-order valence-corrected chi connectivity index (χ1v) is 13.9. The first-order chi connectivity index (χ1) is 19.2. The van der Waals surface area contributed by atoms with E-state index < -0.39 is 35.4 Å². The van der Waals surface area contributed by atoms with Crippen molar-refractivity contribution in [1.82, 2.24) is 34.8 Å². The van der Waals surface area contributed by atoms with Gasteiger partial charge in [-0.2, -0.15) is 14.6 Å². The molecule has 2 atom stereocenters. The molecule has 20 heteroatoms. The van der Waals surface area contributed by atoms with Crippen molar-refractivity contribution in [3.63, 3.8) is 0 Å². The van der Waals surface area contributed by atoms with E-state index in [1.807, 2.05) is 0 Å². The van der Waals surface area contributed by atoms with Crippen LogP contribution < -0.4 is 11.1 Å². The predicted octanol–water partition coefficient (Wildman–Crippen LogP) is 0.310. The number of carboxylic acid groups (broad SMARTS) is 2. The SMILES string of the molecule is CO/N=C(\C(=O)N[C@@H]1C(=O)N2C(OC(=O)O)=C(CSc3c(C(=O)O)cnc4ncnn34)CS[C@H]12)c1csc(N)n1. The van der Waals surface area contributed by atoms with Crippen LogP contribution in [0.3, 0.4) is 0 Å². The van der Waals surface area contributed by atoms with Crippen molar-refractivity contribution >= 4 is 75.4 Å². The van der Waals surface area contributed by atoms with Gasteiger partial charge in [-0.1, -0.05) is 5.16 Å². The number of carbonyl (C=O) groups is 4. The molecule has 0 unspecified atom stereocenters. The highest BCUT2D eigenvalue weighted by atomic mass is 32.2. The molecule has 5 N–H and O–H groups in total. The fourth-order valence-electron chi connectivity index (χ4n) is 3.81. The van der Waals surface area contributed by atoms with Gasteiger partial charge in [-0.3, -0.25) is 14.5 Å². The summed E-state index contributed by atoms with van der Waals surface area (Å²) in [5, 5.41) is 30.5. The molecule has 0 bridgehead atoms. The molecule has 40 heavy (non-hydrogen) atoms. The lowest BCUT2D eigenvalue weighted by molar-refractivity contribution is -0.148. The van der Waals surface area contributed by atoms with Gasteiger partial charge < -0.3 is 30.8 Å². The number of nitrogens with zero attached hydrogens (tertiary/aromatic N) is 7. The van der Waals surface area contributed by atoms with Gasteiger partial charge in [-0.15, -0.1) is 34.9 Å². The summed E-state index contributed by atoms with van der Waals surface area (Å²) in [6, 6.07) is -1.02. The zero-order valence-electron chi connectivity index (χ0n) is 20.1. The Hall–Kier alpha value is -4.43. The Kier molecular flexibility index (Phi) is 7.45. The summed E-state index contributed by atoms with van der Waals surface area (Å²) in [7, 11) is 1.25. The number of nitrogens with two attached hydrogens (primary N) is 1. The molecule has 2 amide bonds. The van der Waals surface area contributed by atoms with Crippen molar-refractivity contribution in [3.05, 3.63) is 40.6 Å². The maximum absolute atomic E-state index is 13.1. The minimum atomic E-state index is -1.65. The van der Waals surface area contributed by atoms with Crippen LogP contribution in [0.1, 0.15) is 16.1 Å². The molecule has 0 aromatic carbocycles. The molecule has 0 spiro atoms. The molecule has 208 valence electrons. The summed E-state index contributed by atoms with van der Waals surface area (Å²) in [5.41, 5.74) is 5.89. The highest BCUT2D eigenvalue weighted by molar-refractivity contribution is 8.01. The predicted molar refractivity (Wildman–Crippen MR) is 140 cm³/mol. The Bertz CT molecular complexity index is 1600. The van der Waals surface area contributed by atoms with Crippen molar-refractivity contribution in [2.24, 2.45) is 5.16 Å². The monoisotopic (exact) mass is 607 g/mol. The minimum Gasteiger partial charge on any atom is -0.478 e. The molecule has 5 rings (SSSR count). The van der Waals surface area contributed by atoms with Crippen LogP contribution in [0, 0.1) is 0 Å². The molecule has 0 saturated carbocycles. The third-order valence-electron chi connectivity index (χ3n) is 5.50. The quantitative estimate of drug-likeness (QED) is 0.0639. The van der Waals surface area contributed by atoms with Crippen molar-refractivity contribution in [1.29, 1.82) is 0 Å². The first kappa shape index (κ1) is 27.1. The molecule has 2 aliphatic rings. The molecule has 2 aliphatic heterocycles. The van der Waals surface area contributed by atoms with E-state index in [0.717, 1.165) is 34.2 Å². The number of hydrogen-bond donors (Lipinski definition) is 4. The van der Waals surface area contributed by atoms with Gasteiger partial charge in [0.15, 0.2) is 10.8 Å². The molecular weight excluding hydrogens is 590 g/mol. The van der Waals surface area contributed by atoms with Crippen LogP contribution in [0.2, 0.25) is 0 Å². The van der Waals surface area contributed by atoms with Gasteiger partial charge in [-0.05, 0) is 0 Å². The minimum absolute atomic E-state index is 0.0539. The Morgan fingerprint density at radius 3 is 2.80 bits per heavy atom. The van der Waals surface area contributed by atoms with Crippen LogP contribution in [0.25, 0.3) is 5.78 Å². The Labute approximate surface area is 235 Å². The summed E-state index contributed by atoms with van der Waals surface area (Å²) < 4.78 is 6.24. The number of carbonyl (C=O) groups excluding carboxylic acids is 2. The summed E-state index contributed by atoms with van der Waals surface area (Å²) in [5.74, 6) is -2.37. The van der Waals surface area contributed by atoms with Gasteiger partial charge in [0.2, 0.25) is 5.88 Å². The number of thiazole rings is 1. The van der Waals surface area contributed by atoms with Gasteiger partial charge in [0.05, 0.1) is 0 Å². The van der Waals surface area contributed by atoms with Gasteiger partial charge in [-0.25, -0.2) is 19.6 Å². The van der Waals surface area contributed by atoms with E-state index in [4.69, 9.17) is 15.3 Å². The molecule has 0 radical (unpaired) electrons. The average molecular weight is 608 g/mol. The van der Waals surface area contributed by atoms with Gasteiger partial charge >= 0.3 is 12.1 Å². The number of carboxylic acids is 1. The molecule has 1 saturated heterocycles. The maximum Gasteiger partial charge on any atom is 0.512 e. The molecule has 3 aromatic rings. The van der Waals surface area contributed by atoms with E-state index in [1.54, 1.807) is 0 Å². The van der Waals surface area contributed by atoms with Crippen LogP contribution in [0.5, 0.6) is 0 Å². The number of fused-ring (bicyclic) bond motifs is 2. The van der Waals surface area contributed by atoms with Crippen molar-refractivity contribution in [2.75, 3.05) is 24.3 Å². The van der Waals surface area contributed by atoms with E-state index in [0.29, 0.717) is 5.57 Å². The average Bonchev–Trinajstić information content (AvgIpc) is 3.57. The van der Waals surface area contributed by atoms with E-state index in [1.165, 1.54) is 35.1 Å². The van der Waals surface area contributed by atoms with E-state index in [9.17, 15) is 29.4 Å². The third kappa shape index (κ3) is 4.98. The molecule has 5 heterocycles. The van der Waals surface area contributed by atoms with Crippen molar-refractivity contribution in [3.8, 4) is 0 Å². The number of hydrogen-bond acceptors (Lipinski definition) is 15. The molecular formula is C20H17N9O8S3. The van der Waals surface area contributed by atoms with Gasteiger partial charge in [0, 0.05) is 28.7 Å². The lowest BCUT2D eigenvalue weighted by Crippen LogP contribution is -2.70. The smallest absolute Gasteiger partial charge is 0.478 e. The van der Waals surface area contributed by atoms with E-state index in [-0.39, 0.29) is 50.3 Å². The topological polar surface area (TPSA) is 237 Å². The largest absolute Gasteiger partial charge is 0.512 e. The number of β-lactam (4-membered cyclic amide) rings is 1. The number of ether oxygens (including phenoxy) is 1. The van der Waals surface area contributed by atoms with Crippen LogP contribution in [0.15, 0.2) is 39.5 Å². The lowest BCUT2D eigenvalue weighted by Gasteiger charge is -2.49. The summed E-state index contributed by atoms with van der Waals surface area (Å²) in [4.78, 5) is 67.1. The standard InChI is InChI=1S/C20H17N9O8S3/c1-36-27-10(9-5-40-18(21)25-9)12(30)26-11-13(31)28-14(37-20(34)35)7(4-39-16(11)28)3-38-15-8(17(32)33)2-22-19-23-6-24-29(15)19/h2,5-6,11,16H,3-4H2,1H3,(H2,21,25)(H,26,30)(H,32,33)(H,34,35)/b27-10-/t11-,16-/m1/s1. The summed E-state index contributed by atoms with van der Waals surface area (Å²) in [6.07, 6.45) is 0.723. The normalized spacial score (nSPS) is 18.8. The van der Waals surface area contributed by atoms with Gasteiger partial charge in [0.1, 0.15) is 41.1 Å². The zero-order valence-corrected chi connectivity index (χ0v) is 22.5. The number of rotatable bonds is 9. The second-order valence-electron chi connectivity index (χ2n) is 7.87. The number of thioether (sulfide) groups is 2. The Balaban J connectivity index is 1.37. The lowest BCUT2D eigenvalue weighted by atomic mass is 10.1. The Morgan fingerprint density at radius 1 is 1.32 bits per heavy atom. The molecule has 0 aliphatic carbocycles. The van der Waals surface area contributed by atoms with E-state index >= 15 is 0 Å². The number of nitrogens with one attached hydrogen (secondary N) is 1. The number of anilines is 1. The molecule has 1 fully saturated rings. The van der Waals surface area contributed by atoms with E-state index in [2.05, 4.69) is 30.5 Å². The van der Waals surface area contributed by atoms with Crippen LogP contribution >= 0.6 is 34.9 Å². The Morgan fingerprint density at radius 2 is 2.12 bits per heavy atom. The number of amides is 2. The van der Waals surface area contributed by atoms with Crippen molar-refractivity contribution < 1.29 is 39.0 Å². The zero-order chi connectivity index (χ0) is 28.6. The number of aromatic nitrogens is 5. The number of nitrogen functional groups attached to an aromatic ring is 1. The third-order valence-corrected chi connectivity index (χ3v) is 8.67. The fourth-order valence-corrected chi connectivity index (χ4v) is 6.89. The summed E-state index contributed by atoms with van der Waals surface area (Å²) in [6.45, 7) is 0. The fraction of sp³-hybridized carbons (Fsp3) is 0.250. The van der Waals surface area contributed by atoms with Crippen LogP contribution in [-0.2, 0) is 19.2 Å². The van der Waals surface area contributed by atoms with Crippen LogP contribution in [0.4, 0.5) is 9.93 Å². The highest BCUT2D eigenvalue weighted by Crippen LogP contribution is 2.42. The molecule has 3 aromatic heterocycles. The number of oxime groups is 1. The molecule has 17 nitrogen and oxygen atoms in total. The second-order valence-corrected chi connectivity index (χ2v) is 10.8. The van der Waals surface area contributed by atoms with Crippen LogP contribution in [-0.4, -0.2) is 99.4 Å². The maximum atomic E-state index is 13.1. The summed E-state index contributed by atoms with van der Waals surface area (Å²) >= 11 is 3.39. The van der Waals surface area contributed by atoms with Crippen molar-refractivity contribution in [2.45, 2.75) is 16.4 Å². The highest BCUT2D eigenvalue weighted by Gasteiger charge is 2.54.